The Kier molecular flexibility index (Phi) is 13.0. The monoisotopic (exact) mass is 722 g/mol. The highest BCUT2D eigenvalue weighted by Gasteiger charge is 2.29. The van der Waals surface area contributed by atoms with Crippen LogP contribution < -0.4 is 21.3 Å². The van der Waals surface area contributed by atoms with Gasteiger partial charge in [-0.1, -0.05) is 56.3 Å². The van der Waals surface area contributed by atoms with Crippen LogP contribution in [0.5, 0.6) is 0 Å². The predicted octanol–water partition coefficient (Wildman–Crippen LogP) is 1.15. The van der Waals surface area contributed by atoms with E-state index in [1.165, 1.54) is 40.8 Å². The Bertz CT molecular complexity index is 1830. The van der Waals surface area contributed by atoms with Gasteiger partial charge in [0.15, 0.2) is 15.7 Å². The Hall–Kier alpha value is -5.12. The molecule has 15 nitrogen and oxygen atoms in total. The first kappa shape index (κ1) is 38.7. The molecule has 1 aliphatic rings. The van der Waals surface area contributed by atoms with Crippen molar-refractivity contribution < 1.29 is 32.4 Å². The largest absolute Gasteiger partial charge is 0.354 e. The number of nitrogens with one attached hydrogen (secondary N) is 4. The third-order valence-corrected chi connectivity index (χ3v) is 9.33. The zero-order valence-corrected chi connectivity index (χ0v) is 30.3. The Morgan fingerprint density at radius 2 is 1.57 bits per heavy atom. The molecule has 2 aromatic carbocycles. The van der Waals surface area contributed by atoms with Crippen LogP contribution in [0.2, 0.25) is 0 Å². The van der Waals surface area contributed by atoms with Gasteiger partial charge in [0.2, 0.25) is 29.5 Å². The van der Waals surface area contributed by atoms with Crippen LogP contribution in [0.25, 0.3) is 11.4 Å². The minimum Gasteiger partial charge on any atom is -0.354 e. The molecule has 0 radical (unpaired) electrons. The molecule has 0 saturated carbocycles. The van der Waals surface area contributed by atoms with Crippen molar-refractivity contribution in [2.45, 2.75) is 76.5 Å². The van der Waals surface area contributed by atoms with E-state index in [-0.39, 0.29) is 49.3 Å². The fourth-order valence-electron chi connectivity index (χ4n) is 5.53. The maximum absolute atomic E-state index is 13.6. The molecule has 2 heterocycles. The molecule has 0 bridgehead atoms. The maximum atomic E-state index is 13.6. The van der Waals surface area contributed by atoms with Gasteiger partial charge in [-0.3, -0.25) is 24.0 Å². The second kappa shape index (κ2) is 17.2. The van der Waals surface area contributed by atoms with Gasteiger partial charge in [-0.25, -0.2) is 18.1 Å². The van der Waals surface area contributed by atoms with E-state index in [1.807, 2.05) is 44.2 Å². The zero-order valence-electron chi connectivity index (χ0n) is 29.5. The van der Waals surface area contributed by atoms with Crippen LogP contribution in [-0.2, 0) is 46.8 Å². The Balaban J connectivity index is 1.59. The SMILES string of the molecule is CC(C)C[C@H]1NC(=O)[C@@H](C)NC(=O)CN(C(=O)Cc2ccc(S(C)(=O)=O)cc2)CCCNC(=O)Cn2nc(-c3ccccc3)nc2[C@H](C)NC1=O. The molecule has 274 valence electrons. The van der Waals surface area contributed by atoms with Crippen LogP contribution in [0.4, 0.5) is 0 Å². The third kappa shape index (κ3) is 11.2. The van der Waals surface area contributed by atoms with Gasteiger partial charge in [-0.15, -0.1) is 0 Å². The Labute approximate surface area is 297 Å². The second-order valence-corrected chi connectivity index (χ2v) is 15.2. The summed E-state index contributed by atoms with van der Waals surface area (Å²) in [4.78, 5) is 72.6. The van der Waals surface area contributed by atoms with Crippen molar-refractivity contribution in [3.05, 3.63) is 66.0 Å². The van der Waals surface area contributed by atoms with Crippen molar-refractivity contribution in [3.63, 3.8) is 0 Å². The van der Waals surface area contributed by atoms with Crippen LogP contribution >= 0.6 is 0 Å². The fraction of sp³-hybridized carbons (Fsp3) is 0.457. The molecule has 0 spiro atoms. The summed E-state index contributed by atoms with van der Waals surface area (Å²) in [5.74, 6) is -1.69. The summed E-state index contributed by atoms with van der Waals surface area (Å²) in [6, 6.07) is 12.5. The van der Waals surface area contributed by atoms with E-state index in [0.29, 0.717) is 30.1 Å². The van der Waals surface area contributed by atoms with Crippen molar-refractivity contribution in [2.75, 3.05) is 25.9 Å². The number of carbonyl (C=O) groups excluding carboxylic acids is 5. The first-order chi connectivity index (χ1) is 24.1. The summed E-state index contributed by atoms with van der Waals surface area (Å²) in [5.41, 5.74) is 1.27. The van der Waals surface area contributed by atoms with Crippen molar-refractivity contribution in [2.24, 2.45) is 5.92 Å². The van der Waals surface area contributed by atoms with E-state index in [9.17, 15) is 32.4 Å². The van der Waals surface area contributed by atoms with Gasteiger partial charge in [0.05, 0.1) is 23.9 Å². The van der Waals surface area contributed by atoms with Crippen LogP contribution in [0.1, 0.15) is 58.0 Å². The number of carbonyl (C=O) groups is 5. The van der Waals surface area contributed by atoms with Gasteiger partial charge in [0.1, 0.15) is 24.5 Å². The summed E-state index contributed by atoms with van der Waals surface area (Å²) in [6.45, 7) is 6.73. The first-order valence-corrected chi connectivity index (χ1v) is 18.7. The maximum Gasteiger partial charge on any atom is 0.243 e. The van der Waals surface area contributed by atoms with Crippen molar-refractivity contribution >= 4 is 39.4 Å². The van der Waals surface area contributed by atoms with E-state index < -0.39 is 51.6 Å². The smallest absolute Gasteiger partial charge is 0.243 e. The number of nitrogens with zero attached hydrogens (tertiary/aromatic N) is 4. The standard InChI is InChI=1S/C35H46N8O7S/c1-22(2)18-28-35(48)38-23(3)33-40-32(26-10-7-6-8-11-26)41-43(33)21-29(44)36-16-9-17-42(20-30(45)37-24(4)34(47)39-28)31(46)19-25-12-14-27(15-13-25)51(5,49)50/h6-8,10-15,22-24,28H,9,16-21H2,1-5H3,(H,36,44)(H,37,45)(H,38,48)(H,39,47)/t23-,24+,28+/m0/s1. The number of hydrogen-bond acceptors (Lipinski definition) is 9. The quantitative estimate of drug-likeness (QED) is 0.288. The highest BCUT2D eigenvalue weighted by Crippen LogP contribution is 2.20. The number of amides is 5. The number of rotatable bonds is 6. The molecule has 0 fully saturated rings. The highest BCUT2D eigenvalue weighted by molar-refractivity contribution is 7.90. The number of aromatic nitrogens is 3. The molecule has 0 aliphatic carbocycles. The molecule has 5 amide bonds. The lowest BCUT2D eigenvalue weighted by atomic mass is 10.0. The van der Waals surface area contributed by atoms with Crippen LogP contribution in [0.3, 0.4) is 0 Å². The van der Waals surface area contributed by atoms with Crippen LogP contribution in [0.15, 0.2) is 59.5 Å². The molecule has 51 heavy (non-hydrogen) atoms. The minimum atomic E-state index is -3.42. The molecule has 16 heteroatoms. The van der Waals surface area contributed by atoms with Gasteiger partial charge in [0, 0.05) is 24.9 Å². The lowest BCUT2D eigenvalue weighted by Gasteiger charge is -2.25. The highest BCUT2D eigenvalue weighted by atomic mass is 32.2. The summed E-state index contributed by atoms with van der Waals surface area (Å²) in [5, 5.41) is 15.7. The van der Waals surface area contributed by atoms with Gasteiger partial charge in [-0.05, 0) is 50.3 Å². The van der Waals surface area contributed by atoms with E-state index >= 15 is 0 Å². The predicted molar refractivity (Wildman–Crippen MR) is 188 cm³/mol. The Morgan fingerprint density at radius 3 is 2.22 bits per heavy atom. The van der Waals surface area contributed by atoms with Crippen molar-refractivity contribution in [3.8, 4) is 11.4 Å². The Morgan fingerprint density at radius 1 is 0.882 bits per heavy atom. The van der Waals surface area contributed by atoms with Gasteiger partial charge in [0.25, 0.3) is 0 Å². The molecule has 1 aromatic heterocycles. The average molecular weight is 723 g/mol. The zero-order chi connectivity index (χ0) is 37.3. The van der Waals surface area contributed by atoms with Gasteiger partial charge in [-0.2, -0.15) is 5.10 Å². The summed E-state index contributed by atoms with van der Waals surface area (Å²) < 4.78 is 25.1. The normalized spacial score (nSPS) is 20.2. The van der Waals surface area contributed by atoms with Gasteiger partial charge < -0.3 is 26.2 Å². The summed E-state index contributed by atoms with van der Waals surface area (Å²) >= 11 is 0. The van der Waals surface area contributed by atoms with E-state index in [2.05, 4.69) is 31.3 Å². The number of fused-ring (bicyclic) bond motifs is 1. The fourth-order valence-corrected chi connectivity index (χ4v) is 6.16. The van der Waals surface area contributed by atoms with E-state index in [1.54, 1.807) is 6.92 Å². The molecule has 3 atom stereocenters. The van der Waals surface area contributed by atoms with Crippen LogP contribution in [-0.4, -0.2) is 95.6 Å². The minimum absolute atomic E-state index is 0.0297. The lowest BCUT2D eigenvalue weighted by Crippen LogP contribution is -2.54. The summed E-state index contributed by atoms with van der Waals surface area (Å²) in [6.07, 6.45) is 1.59. The molecule has 3 aromatic rings. The topological polar surface area (TPSA) is 202 Å². The van der Waals surface area contributed by atoms with Crippen molar-refractivity contribution in [1.82, 2.24) is 40.9 Å². The molecule has 0 saturated heterocycles. The molecular weight excluding hydrogens is 677 g/mol. The van der Waals surface area contributed by atoms with E-state index in [4.69, 9.17) is 0 Å². The molecular formula is C35H46N8O7S. The van der Waals surface area contributed by atoms with Crippen LogP contribution in [0, 0.1) is 5.92 Å². The number of sulfone groups is 1. The number of benzene rings is 2. The average Bonchev–Trinajstić information content (AvgIpc) is 3.49. The second-order valence-electron chi connectivity index (χ2n) is 13.1. The first-order valence-electron chi connectivity index (χ1n) is 16.8. The van der Waals surface area contributed by atoms with E-state index in [0.717, 1.165) is 11.8 Å². The third-order valence-electron chi connectivity index (χ3n) is 8.20. The molecule has 0 unspecified atom stereocenters. The molecule has 4 rings (SSSR count). The molecule has 4 N–H and O–H groups in total. The molecule has 1 aliphatic heterocycles. The summed E-state index contributed by atoms with van der Waals surface area (Å²) in [7, 11) is -3.42. The van der Waals surface area contributed by atoms with Crippen molar-refractivity contribution in [1.29, 1.82) is 0 Å². The van der Waals surface area contributed by atoms with Gasteiger partial charge >= 0.3 is 0 Å². The lowest BCUT2D eigenvalue weighted by molar-refractivity contribution is -0.137. The number of hydrogen-bond donors (Lipinski definition) is 4.